The largest absolute Gasteiger partial charge is 0.496 e. The van der Waals surface area contributed by atoms with Gasteiger partial charge in [0.15, 0.2) is 11.5 Å². The first-order valence-corrected chi connectivity index (χ1v) is 9.63. The predicted octanol–water partition coefficient (Wildman–Crippen LogP) is 3.47. The monoisotopic (exact) mass is 400 g/mol. The van der Waals surface area contributed by atoms with Crippen molar-refractivity contribution in [3.63, 3.8) is 0 Å². The van der Waals surface area contributed by atoms with Crippen LogP contribution in [0.5, 0.6) is 17.2 Å². The van der Waals surface area contributed by atoms with Gasteiger partial charge in [0, 0.05) is 13.1 Å². The van der Waals surface area contributed by atoms with Gasteiger partial charge in [-0.25, -0.2) is 0 Å². The Labute approximate surface area is 173 Å². The second kappa shape index (κ2) is 10.2. The average Bonchev–Trinajstić information content (AvgIpc) is 2.70. The topological polar surface area (TPSA) is 60.0 Å². The third-order valence-corrected chi connectivity index (χ3v) is 5.11. The van der Waals surface area contributed by atoms with E-state index in [-0.39, 0.29) is 11.9 Å². The smallest absolute Gasteiger partial charge is 0.237 e. The Bertz CT molecular complexity index is 828. The first kappa shape index (κ1) is 22.6. The summed E-state index contributed by atoms with van der Waals surface area (Å²) in [6.07, 6.45) is 0. The molecule has 0 spiro atoms. The number of hydrogen-bond acceptors (Lipinski definition) is 5. The summed E-state index contributed by atoms with van der Waals surface area (Å²) in [5, 5.41) is 3.00. The molecule has 2 rings (SSSR count). The minimum atomic E-state index is -0.266. The first-order chi connectivity index (χ1) is 13.8. The molecule has 0 saturated heterocycles. The Kier molecular flexibility index (Phi) is 7.91. The fourth-order valence-corrected chi connectivity index (χ4v) is 3.41. The van der Waals surface area contributed by atoms with Crippen LogP contribution in [0, 0.1) is 13.8 Å². The van der Waals surface area contributed by atoms with Crippen LogP contribution in [0.15, 0.2) is 30.3 Å². The molecule has 1 N–H and O–H groups in total. The van der Waals surface area contributed by atoms with E-state index in [0.717, 1.165) is 28.0 Å². The molecule has 0 saturated carbocycles. The number of carbonyl (C=O) groups excluding carboxylic acids is 1. The molecule has 0 radical (unpaired) electrons. The van der Waals surface area contributed by atoms with Gasteiger partial charge in [-0.15, -0.1) is 0 Å². The zero-order valence-electron chi connectivity index (χ0n) is 18.5. The van der Waals surface area contributed by atoms with Crippen molar-refractivity contribution in [2.45, 2.75) is 39.9 Å². The van der Waals surface area contributed by atoms with Gasteiger partial charge in [0.05, 0.1) is 27.4 Å². The van der Waals surface area contributed by atoms with E-state index in [4.69, 9.17) is 14.2 Å². The predicted molar refractivity (Wildman–Crippen MR) is 115 cm³/mol. The SMILES string of the molecule is COc1ccc(CNC(=O)C(C)N(C)Cc2cc(C)c(OC)c(C)c2)cc1OC. The summed E-state index contributed by atoms with van der Waals surface area (Å²) in [5.74, 6) is 2.21. The standard InChI is InChI=1S/C23H32N2O4/c1-15-10-19(11-16(2)22(15)29-7)14-25(4)17(3)23(26)24-13-18-8-9-20(27-5)21(12-18)28-6/h8-12,17H,13-14H2,1-7H3,(H,24,26). The van der Waals surface area contributed by atoms with Crippen LogP contribution in [-0.4, -0.2) is 45.2 Å². The first-order valence-electron chi connectivity index (χ1n) is 9.63. The van der Waals surface area contributed by atoms with E-state index >= 15 is 0 Å². The molecule has 0 bridgehead atoms. The summed E-state index contributed by atoms with van der Waals surface area (Å²) in [6.45, 7) is 7.09. The molecular weight excluding hydrogens is 368 g/mol. The Morgan fingerprint density at radius 1 is 0.966 bits per heavy atom. The van der Waals surface area contributed by atoms with Crippen molar-refractivity contribution < 1.29 is 19.0 Å². The Balaban J connectivity index is 1.97. The van der Waals surface area contributed by atoms with Gasteiger partial charge in [-0.2, -0.15) is 0 Å². The van der Waals surface area contributed by atoms with E-state index in [1.54, 1.807) is 21.3 Å². The number of likely N-dealkylation sites (N-methyl/N-ethyl adjacent to an activating group) is 1. The minimum Gasteiger partial charge on any atom is -0.496 e. The molecule has 0 aliphatic rings. The van der Waals surface area contributed by atoms with Crippen LogP contribution in [-0.2, 0) is 17.9 Å². The molecule has 0 fully saturated rings. The lowest BCUT2D eigenvalue weighted by Gasteiger charge is -2.24. The van der Waals surface area contributed by atoms with Crippen molar-refractivity contribution >= 4 is 5.91 Å². The summed E-state index contributed by atoms with van der Waals surface area (Å²) < 4.78 is 16.0. The van der Waals surface area contributed by atoms with E-state index < -0.39 is 0 Å². The number of nitrogens with one attached hydrogen (secondary N) is 1. The van der Waals surface area contributed by atoms with Gasteiger partial charge in [-0.3, -0.25) is 9.69 Å². The summed E-state index contributed by atoms with van der Waals surface area (Å²) in [4.78, 5) is 14.7. The molecule has 0 aromatic heterocycles. The Morgan fingerprint density at radius 2 is 1.59 bits per heavy atom. The van der Waals surface area contributed by atoms with Crippen LogP contribution in [0.3, 0.4) is 0 Å². The number of ether oxygens (including phenoxy) is 3. The summed E-state index contributed by atoms with van der Waals surface area (Å²) in [7, 11) is 6.84. The van der Waals surface area contributed by atoms with E-state index in [2.05, 4.69) is 17.4 Å². The molecule has 1 atom stereocenters. The molecule has 1 amide bonds. The lowest BCUT2D eigenvalue weighted by atomic mass is 10.0. The van der Waals surface area contributed by atoms with Crippen molar-refractivity contribution in [1.82, 2.24) is 10.2 Å². The van der Waals surface area contributed by atoms with Crippen molar-refractivity contribution in [2.24, 2.45) is 0 Å². The summed E-state index contributed by atoms with van der Waals surface area (Å²) in [5.41, 5.74) is 4.30. The zero-order valence-corrected chi connectivity index (χ0v) is 18.5. The van der Waals surface area contributed by atoms with Gasteiger partial charge in [0.1, 0.15) is 5.75 Å². The van der Waals surface area contributed by atoms with E-state index in [0.29, 0.717) is 24.6 Å². The van der Waals surface area contributed by atoms with Gasteiger partial charge in [-0.1, -0.05) is 18.2 Å². The number of nitrogens with zero attached hydrogens (tertiary/aromatic N) is 1. The molecule has 6 heteroatoms. The molecule has 2 aromatic carbocycles. The summed E-state index contributed by atoms with van der Waals surface area (Å²) in [6, 6.07) is 9.57. The number of methoxy groups -OCH3 is 3. The van der Waals surface area contributed by atoms with Crippen LogP contribution in [0.2, 0.25) is 0 Å². The fraction of sp³-hybridized carbons (Fsp3) is 0.435. The molecule has 0 aliphatic carbocycles. The zero-order chi connectivity index (χ0) is 21.6. The van der Waals surface area contributed by atoms with Crippen LogP contribution in [0.1, 0.15) is 29.2 Å². The van der Waals surface area contributed by atoms with E-state index in [1.807, 2.05) is 50.9 Å². The number of hydrogen-bond donors (Lipinski definition) is 1. The fourth-order valence-electron chi connectivity index (χ4n) is 3.41. The number of benzene rings is 2. The van der Waals surface area contributed by atoms with Gasteiger partial charge < -0.3 is 19.5 Å². The third-order valence-electron chi connectivity index (χ3n) is 5.11. The van der Waals surface area contributed by atoms with Crippen molar-refractivity contribution in [3.05, 3.63) is 52.6 Å². The molecule has 158 valence electrons. The molecule has 6 nitrogen and oxygen atoms in total. The highest BCUT2D eigenvalue weighted by molar-refractivity contribution is 5.81. The molecule has 2 aromatic rings. The highest BCUT2D eigenvalue weighted by atomic mass is 16.5. The van der Waals surface area contributed by atoms with Crippen LogP contribution < -0.4 is 19.5 Å². The number of rotatable bonds is 9. The highest BCUT2D eigenvalue weighted by Gasteiger charge is 2.19. The van der Waals surface area contributed by atoms with Gasteiger partial charge in [-0.05, 0) is 62.2 Å². The number of amides is 1. The Morgan fingerprint density at radius 3 is 2.14 bits per heavy atom. The maximum Gasteiger partial charge on any atom is 0.237 e. The van der Waals surface area contributed by atoms with Crippen LogP contribution in [0.25, 0.3) is 0 Å². The minimum absolute atomic E-state index is 0.0239. The quantitative estimate of drug-likeness (QED) is 0.698. The maximum atomic E-state index is 12.6. The molecular formula is C23H32N2O4. The average molecular weight is 401 g/mol. The van der Waals surface area contributed by atoms with E-state index in [9.17, 15) is 4.79 Å². The number of aryl methyl sites for hydroxylation is 2. The molecule has 0 heterocycles. The Hall–Kier alpha value is -2.73. The van der Waals surface area contributed by atoms with Crippen LogP contribution >= 0.6 is 0 Å². The normalized spacial score (nSPS) is 11.9. The van der Waals surface area contributed by atoms with Gasteiger partial charge in [0.2, 0.25) is 5.91 Å². The third kappa shape index (κ3) is 5.64. The van der Waals surface area contributed by atoms with Gasteiger partial charge >= 0.3 is 0 Å². The maximum absolute atomic E-state index is 12.6. The highest BCUT2D eigenvalue weighted by Crippen LogP contribution is 2.27. The second-order valence-electron chi connectivity index (χ2n) is 7.26. The lowest BCUT2D eigenvalue weighted by Crippen LogP contribution is -2.42. The van der Waals surface area contributed by atoms with Gasteiger partial charge in [0.25, 0.3) is 0 Å². The summed E-state index contributed by atoms with van der Waals surface area (Å²) >= 11 is 0. The lowest BCUT2D eigenvalue weighted by molar-refractivity contribution is -0.125. The molecule has 0 aliphatic heterocycles. The van der Waals surface area contributed by atoms with Crippen LogP contribution in [0.4, 0.5) is 0 Å². The second-order valence-corrected chi connectivity index (χ2v) is 7.26. The molecule has 1 unspecified atom stereocenters. The van der Waals surface area contributed by atoms with E-state index in [1.165, 1.54) is 0 Å². The number of carbonyl (C=O) groups is 1. The molecule has 29 heavy (non-hydrogen) atoms. The van der Waals surface area contributed by atoms with Crippen molar-refractivity contribution in [3.8, 4) is 17.2 Å². The van der Waals surface area contributed by atoms with Crippen molar-refractivity contribution in [2.75, 3.05) is 28.4 Å². The van der Waals surface area contributed by atoms with Crippen molar-refractivity contribution in [1.29, 1.82) is 0 Å².